The Balaban J connectivity index is 1.89. The van der Waals surface area contributed by atoms with Crippen LogP contribution in [0.3, 0.4) is 0 Å². The van der Waals surface area contributed by atoms with Gasteiger partial charge in [-0.1, -0.05) is 26.7 Å². The number of benzene rings is 1. The van der Waals surface area contributed by atoms with Gasteiger partial charge in [-0.05, 0) is 49.3 Å². The third-order valence-corrected chi connectivity index (χ3v) is 4.90. The summed E-state index contributed by atoms with van der Waals surface area (Å²) in [6, 6.07) is 6.15. The molecule has 1 saturated carbocycles. The largest absolute Gasteiger partial charge is 0.399 e. The molecule has 3 nitrogen and oxygen atoms in total. The predicted molar refractivity (Wildman–Crippen MR) is 89.3 cm³/mol. The number of nitrogens with two attached hydrogens (primary N) is 1. The van der Waals surface area contributed by atoms with Crippen molar-refractivity contribution in [2.75, 3.05) is 5.73 Å². The highest BCUT2D eigenvalue weighted by Crippen LogP contribution is 2.31. The highest BCUT2D eigenvalue weighted by Gasteiger charge is 2.20. The van der Waals surface area contributed by atoms with Crippen LogP contribution in [0.2, 0.25) is 0 Å². The molecule has 0 unspecified atom stereocenters. The van der Waals surface area contributed by atoms with Gasteiger partial charge in [0.15, 0.2) is 0 Å². The summed E-state index contributed by atoms with van der Waals surface area (Å²) in [5, 5.41) is 0. The second kappa shape index (κ2) is 6.08. The number of anilines is 1. The molecule has 0 saturated heterocycles. The van der Waals surface area contributed by atoms with Crippen LogP contribution >= 0.6 is 0 Å². The Hall–Kier alpha value is -1.51. The number of rotatable bonds is 4. The summed E-state index contributed by atoms with van der Waals surface area (Å²) in [4.78, 5) is 4.83. The fraction of sp³-hybridized carbons (Fsp3) is 0.611. The predicted octanol–water partition coefficient (Wildman–Crippen LogP) is 4.40. The van der Waals surface area contributed by atoms with E-state index in [0.717, 1.165) is 42.4 Å². The first kappa shape index (κ1) is 14.4. The molecule has 3 heteroatoms. The number of hydrogen-bond donors (Lipinski definition) is 1. The number of imidazole rings is 1. The van der Waals surface area contributed by atoms with Gasteiger partial charge in [-0.3, -0.25) is 0 Å². The topological polar surface area (TPSA) is 43.8 Å². The average Bonchev–Trinajstić information content (AvgIpc) is 2.79. The monoisotopic (exact) mass is 285 g/mol. The van der Waals surface area contributed by atoms with Crippen molar-refractivity contribution in [3.8, 4) is 0 Å². The van der Waals surface area contributed by atoms with E-state index in [-0.39, 0.29) is 0 Å². The van der Waals surface area contributed by atoms with Gasteiger partial charge in [0.1, 0.15) is 5.82 Å². The van der Waals surface area contributed by atoms with Crippen LogP contribution in [0, 0.1) is 11.8 Å². The maximum absolute atomic E-state index is 5.91. The van der Waals surface area contributed by atoms with Crippen LogP contribution in [0.25, 0.3) is 11.0 Å². The minimum Gasteiger partial charge on any atom is -0.399 e. The van der Waals surface area contributed by atoms with E-state index in [1.54, 1.807) is 0 Å². The highest BCUT2D eigenvalue weighted by atomic mass is 15.1. The van der Waals surface area contributed by atoms with Gasteiger partial charge in [-0.25, -0.2) is 4.98 Å². The summed E-state index contributed by atoms with van der Waals surface area (Å²) >= 11 is 0. The van der Waals surface area contributed by atoms with E-state index in [0.29, 0.717) is 0 Å². The van der Waals surface area contributed by atoms with Crippen LogP contribution in [0.15, 0.2) is 18.2 Å². The molecule has 1 aromatic heterocycles. The van der Waals surface area contributed by atoms with Crippen LogP contribution in [-0.2, 0) is 13.0 Å². The van der Waals surface area contributed by atoms with Crippen molar-refractivity contribution >= 4 is 16.7 Å². The number of nitrogens with zero attached hydrogens (tertiary/aromatic N) is 2. The summed E-state index contributed by atoms with van der Waals surface area (Å²) in [6.45, 7) is 5.73. The number of hydrogen-bond acceptors (Lipinski definition) is 2. The van der Waals surface area contributed by atoms with E-state index in [9.17, 15) is 0 Å². The van der Waals surface area contributed by atoms with E-state index >= 15 is 0 Å². The Morgan fingerprint density at radius 1 is 1.24 bits per heavy atom. The van der Waals surface area contributed by atoms with Gasteiger partial charge in [0.05, 0.1) is 11.0 Å². The van der Waals surface area contributed by atoms with Crippen molar-refractivity contribution in [2.24, 2.45) is 11.8 Å². The molecule has 2 N–H and O–H groups in total. The van der Waals surface area contributed by atoms with E-state index in [2.05, 4.69) is 24.5 Å². The molecular weight excluding hydrogens is 258 g/mol. The molecule has 2 aromatic rings. The first-order chi connectivity index (χ1) is 10.2. The normalized spacial score (nSPS) is 22.8. The molecule has 0 bridgehead atoms. The fourth-order valence-corrected chi connectivity index (χ4v) is 3.58. The van der Waals surface area contributed by atoms with Gasteiger partial charge in [0, 0.05) is 18.7 Å². The molecule has 1 heterocycles. The van der Waals surface area contributed by atoms with Crippen molar-refractivity contribution in [3.63, 3.8) is 0 Å². The molecule has 0 atom stereocenters. The molecule has 1 aliphatic rings. The number of nitrogen functional groups attached to an aromatic ring is 1. The van der Waals surface area contributed by atoms with Gasteiger partial charge >= 0.3 is 0 Å². The first-order valence-electron chi connectivity index (χ1n) is 8.42. The molecule has 21 heavy (non-hydrogen) atoms. The molecule has 1 fully saturated rings. The maximum atomic E-state index is 5.91. The molecule has 0 radical (unpaired) electrons. The van der Waals surface area contributed by atoms with Gasteiger partial charge < -0.3 is 10.3 Å². The summed E-state index contributed by atoms with van der Waals surface area (Å²) in [5.41, 5.74) is 9.03. The summed E-state index contributed by atoms with van der Waals surface area (Å²) < 4.78 is 2.46. The molecule has 1 aliphatic carbocycles. The van der Waals surface area contributed by atoms with Crippen LogP contribution in [0.4, 0.5) is 5.69 Å². The quantitative estimate of drug-likeness (QED) is 0.846. The molecule has 0 aliphatic heterocycles. The second-order valence-corrected chi connectivity index (χ2v) is 6.76. The Morgan fingerprint density at radius 3 is 2.71 bits per heavy atom. The van der Waals surface area contributed by atoms with E-state index in [4.69, 9.17) is 10.7 Å². The average molecular weight is 285 g/mol. The minimum absolute atomic E-state index is 0.807. The zero-order valence-corrected chi connectivity index (χ0v) is 13.3. The Kier molecular flexibility index (Phi) is 4.18. The van der Waals surface area contributed by atoms with E-state index in [1.165, 1.54) is 37.0 Å². The molecule has 0 spiro atoms. The number of aromatic nitrogens is 2. The van der Waals surface area contributed by atoms with Gasteiger partial charge in [0.25, 0.3) is 0 Å². The lowest BCUT2D eigenvalue weighted by molar-refractivity contribution is 0.265. The lowest BCUT2D eigenvalue weighted by Gasteiger charge is -2.27. The molecule has 114 valence electrons. The van der Waals surface area contributed by atoms with E-state index < -0.39 is 0 Å². The molecule has 0 amide bonds. The van der Waals surface area contributed by atoms with E-state index in [1.807, 2.05) is 12.1 Å². The zero-order valence-electron chi connectivity index (χ0n) is 13.3. The lowest BCUT2D eigenvalue weighted by Crippen LogP contribution is -2.19. The Bertz CT molecular complexity index is 606. The van der Waals surface area contributed by atoms with Crippen LogP contribution in [0.5, 0.6) is 0 Å². The summed E-state index contributed by atoms with van der Waals surface area (Å²) in [6.07, 6.45) is 7.68. The SMILES string of the molecule is CCCc1nc2cc(N)ccc2n1CC1CCC(C)CC1. The Labute approximate surface area is 127 Å². The summed E-state index contributed by atoms with van der Waals surface area (Å²) in [7, 11) is 0. The van der Waals surface area contributed by atoms with Gasteiger partial charge in [-0.15, -0.1) is 0 Å². The second-order valence-electron chi connectivity index (χ2n) is 6.76. The molecule has 3 rings (SSSR count). The van der Waals surface area contributed by atoms with Crippen molar-refractivity contribution in [2.45, 2.75) is 58.9 Å². The van der Waals surface area contributed by atoms with Gasteiger partial charge in [-0.2, -0.15) is 0 Å². The Morgan fingerprint density at radius 2 is 2.00 bits per heavy atom. The molecular formula is C18H27N3. The van der Waals surface area contributed by atoms with Crippen molar-refractivity contribution in [1.82, 2.24) is 9.55 Å². The smallest absolute Gasteiger partial charge is 0.109 e. The van der Waals surface area contributed by atoms with Crippen LogP contribution in [-0.4, -0.2) is 9.55 Å². The zero-order chi connectivity index (χ0) is 14.8. The number of fused-ring (bicyclic) bond motifs is 1. The maximum Gasteiger partial charge on any atom is 0.109 e. The van der Waals surface area contributed by atoms with Crippen molar-refractivity contribution < 1.29 is 0 Å². The highest BCUT2D eigenvalue weighted by molar-refractivity contribution is 5.79. The van der Waals surface area contributed by atoms with Crippen molar-refractivity contribution in [3.05, 3.63) is 24.0 Å². The van der Waals surface area contributed by atoms with Crippen molar-refractivity contribution in [1.29, 1.82) is 0 Å². The third kappa shape index (κ3) is 3.07. The number of aryl methyl sites for hydroxylation is 1. The summed E-state index contributed by atoms with van der Waals surface area (Å²) in [5.74, 6) is 2.96. The third-order valence-electron chi connectivity index (χ3n) is 4.90. The first-order valence-corrected chi connectivity index (χ1v) is 8.42. The van der Waals surface area contributed by atoms with Crippen LogP contribution in [0.1, 0.15) is 51.8 Å². The lowest BCUT2D eigenvalue weighted by atomic mass is 9.83. The standard InChI is InChI=1S/C18H27N3/c1-3-4-18-20-16-11-15(19)9-10-17(16)21(18)12-14-7-5-13(2)6-8-14/h9-11,13-14H,3-8,12,19H2,1-2H3. The van der Waals surface area contributed by atoms with Gasteiger partial charge in [0.2, 0.25) is 0 Å². The van der Waals surface area contributed by atoms with Crippen LogP contribution < -0.4 is 5.73 Å². The fourth-order valence-electron chi connectivity index (χ4n) is 3.58. The minimum atomic E-state index is 0.807. The molecule has 1 aromatic carbocycles.